The SMILES string of the molecule is CCNC(=NCCc1coc(-c2ccc(C)cc2)n1)N1CCN(c2cnn(C)c2)C(=O)C1. The molecule has 1 aliphatic heterocycles. The molecule has 0 unspecified atom stereocenters. The van der Waals surface area contributed by atoms with Gasteiger partial charge in [-0.2, -0.15) is 5.10 Å². The van der Waals surface area contributed by atoms with E-state index < -0.39 is 0 Å². The molecule has 0 bridgehead atoms. The number of amides is 1. The van der Waals surface area contributed by atoms with Crippen molar-refractivity contribution in [1.82, 2.24) is 25.0 Å². The predicted molar refractivity (Wildman–Crippen MR) is 123 cm³/mol. The summed E-state index contributed by atoms with van der Waals surface area (Å²) in [5, 5.41) is 7.46. The van der Waals surface area contributed by atoms with Crippen molar-refractivity contribution in [2.24, 2.45) is 12.0 Å². The molecule has 0 radical (unpaired) electrons. The highest BCUT2D eigenvalue weighted by Gasteiger charge is 2.27. The normalized spacial score (nSPS) is 14.8. The number of carbonyl (C=O) groups is 1. The number of rotatable bonds is 6. The second-order valence-electron chi connectivity index (χ2n) is 7.83. The first-order chi connectivity index (χ1) is 15.5. The van der Waals surface area contributed by atoms with Crippen molar-refractivity contribution in [3.05, 3.63) is 54.2 Å². The Labute approximate surface area is 187 Å². The van der Waals surface area contributed by atoms with Gasteiger partial charge in [0.15, 0.2) is 5.96 Å². The van der Waals surface area contributed by atoms with Gasteiger partial charge in [0.2, 0.25) is 11.8 Å². The average molecular weight is 436 g/mol. The lowest BCUT2D eigenvalue weighted by Crippen LogP contribution is -2.55. The highest BCUT2D eigenvalue weighted by Crippen LogP contribution is 2.19. The van der Waals surface area contributed by atoms with E-state index in [1.807, 2.05) is 49.3 Å². The van der Waals surface area contributed by atoms with Crippen LogP contribution in [0.5, 0.6) is 0 Å². The van der Waals surface area contributed by atoms with E-state index in [-0.39, 0.29) is 12.5 Å². The van der Waals surface area contributed by atoms with Crippen molar-refractivity contribution >= 4 is 17.6 Å². The van der Waals surface area contributed by atoms with Crippen molar-refractivity contribution in [3.8, 4) is 11.5 Å². The molecule has 9 heteroatoms. The van der Waals surface area contributed by atoms with Crippen molar-refractivity contribution in [1.29, 1.82) is 0 Å². The van der Waals surface area contributed by atoms with Crippen LogP contribution < -0.4 is 10.2 Å². The molecule has 0 spiro atoms. The van der Waals surface area contributed by atoms with Gasteiger partial charge in [0.1, 0.15) is 12.8 Å². The molecule has 168 valence electrons. The van der Waals surface area contributed by atoms with E-state index in [0.717, 1.165) is 29.4 Å². The Hall–Kier alpha value is -3.62. The summed E-state index contributed by atoms with van der Waals surface area (Å²) in [7, 11) is 1.85. The summed E-state index contributed by atoms with van der Waals surface area (Å²) in [4.78, 5) is 25.8. The third-order valence-corrected chi connectivity index (χ3v) is 5.34. The van der Waals surface area contributed by atoms with Crippen LogP contribution in [0.4, 0.5) is 5.69 Å². The van der Waals surface area contributed by atoms with Gasteiger partial charge in [0.25, 0.3) is 0 Å². The molecule has 0 aliphatic carbocycles. The monoisotopic (exact) mass is 435 g/mol. The van der Waals surface area contributed by atoms with Crippen LogP contribution in [-0.2, 0) is 18.3 Å². The minimum absolute atomic E-state index is 0.0362. The number of nitrogens with zero attached hydrogens (tertiary/aromatic N) is 6. The van der Waals surface area contributed by atoms with E-state index in [0.29, 0.717) is 31.9 Å². The van der Waals surface area contributed by atoms with Gasteiger partial charge in [-0.25, -0.2) is 4.98 Å². The van der Waals surface area contributed by atoms with Gasteiger partial charge in [-0.1, -0.05) is 17.7 Å². The van der Waals surface area contributed by atoms with E-state index in [1.54, 1.807) is 22.0 Å². The third-order valence-electron chi connectivity index (χ3n) is 5.34. The number of aromatic nitrogens is 3. The van der Waals surface area contributed by atoms with E-state index in [1.165, 1.54) is 5.56 Å². The lowest BCUT2D eigenvalue weighted by molar-refractivity contribution is -0.120. The van der Waals surface area contributed by atoms with Crippen LogP contribution in [0.1, 0.15) is 18.2 Å². The van der Waals surface area contributed by atoms with E-state index >= 15 is 0 Å². The molecule has 0 atom stereocenters. The zero-order valence-corrected chi connectivity index (χ0v) is 18.8. The summed E-state index contributed by atoms with van der Waals surface area (Å²) >= 11 is 0. The van der Waals surface area contributed by atoms with Crippen LogP contribution in [0.2, 0.25) is 0 Å². The molecule has 1 aliphatic rings. The number of aliphatic imine (C=N–C) groups is 1. The Morgan fingerprint density at radius 2 is 2.06 bits per heavy atom. The topological polar surface area (TPSA) is 91.8 Å². The first-order valence-corrected chi connectivity index (χ1v) is 10.9. The molecule has 4 rings (SSSR count). The molecule has 1 N–H and O–H groups in total. The predicted octanol–water partition coefficient (Wildman–Crippen LogP) is 2.24. The number of nitrogens with one attached hydrogen (secondary N) is 1. The summed E-state index contributed by atoms with van der Waals surface area (Å²) < 4.78 is 7.34. The fourth-order valence-electron chi connectivity index (χ4n) is 3.63. The molecule has 0 saturated carbocycles. The highest BCUT2D eigenvalue weighted by atomic mass is 16.3. The number of hydrogen-bond donors (Lipinski definition) is 1. The van der Waals surface area contributed by atoms with Gasteiger partial charge in [-0.3, -0.25) is 14.5 Å². The number of carbonyl (C=O) groups excluding carboxylic acids is 1. The summed E-state index contributed by atoms with van der Waals surface area (Å²) in [6, 6.07) is 8.10. The molecular formula is C23H29N7O2. The molecule has 1 fully saturated rings. The fraction of sp³-hybridized carbons (Fsp3) is 0.391. The number of oxazole rings is 1. The van der Waals surface area contributed by atoms with Crippen LogP contribution in [0.3, 0.4) is 0 Å². The Morgan fingerprint density at radius 1 is 1.25 bits per heavy atom. The zero-order valence-electron chi connectivity index (χ0n) is 18.8. The number of hydrogen-bond acceptors (Lipinski definition) is 5. The minimum Gasteiger partial charge on any atom is -0.444 e. The summed E-state index contributed by atoms with van der Waals surface area (Å²) in [6.07, 6.45) is 5.92. The van der Waals surface area contributed by atoms with Crippen molar-refractivity contribution < 1.29 is 9.21 Å². The van der Waals surface area contributed by atoms with E-state index in [4.69, 9.17) is 9.41 Å². The third kappa shape index (κ3) is 4.99. The standard InChI is InChI=1S/C23H29N7O2/c1-4-24-23(29-11-12-30(21(31)15-29)20-13-26-28(3)14-20)25-10-9-19-16-32-22(27-19)18-7-5-17(2)6-8-18/h5-8,13-14,16H,4,9-12,15H2,1-3H3,(H,24,25). The summed E-state index contributed by atoms with van der Waals surface area (Å²) in [6.45, 7) is 6.94. The van der Waals surface area contributed by atoms with Gasteiger partial charge >= 0.3 is 0 Å². The average Bonchev–Trinajstić information content (AvgIpc) is 3.43. The van der Waals surface area contributed by atoms with E-state index in [9.17, 15) is 4.79 Å². The highest BCUT2D eigenvalue weighted by molar-refractivity contribution is 5.98. The second-order valence-corrected chi connectivity index (χ2v) is 7.83. The van der Waals surface area contributed by atoms with Crippen LogP contribution in [0.25, 0.3) is 11.5 Å². The molecule has 3 aromatic rings. The van der Waals surface area contributed by atoms with Gasteiger partial charge in [-0.15, -0.1) is 0 Å². The number of benzene rings is 1. The zero-order chi connectivity index (χ0) is 22.5. The molecule has 32 heavy (non-hydrogen) atoms. The van der Waals surface area contributed by atoms with Crippen LogP contribution in [-0.4, -0.2) is 64.3 Å². The largest absolute Gasteiger partial charge is 0.444 e. The van der Waals surface area contributed by atoms with Crippen molar-refractivity contribution in [2.45, 2.75) is 20.3 Å². The van der Waals surface area contributed by atoms with E-state index in [2.05, 4.69) is 22.3 Å². The fourth-order valence-corrected chi connectivity index (χ4v) is 3.63. The van der Waals surface area contributed by atoms with Crippen molar-refractivity contribution in [2.75, 3.05) is 37.6 Å². The second kappa shape index (κ2) is 9.67. The first-order valence-electron chi connectivity index (χ1n) is 10.9. The number of aryl methyl sites for hydroxylation is 2. The molecule has 2 aromatic heterocycles. The van der Waals surface area contributed by atoms with Crippen molar-refractivity contribution in [3.63, 3.8) is 0 Å². The van der Waals surface area contributed by atoms with Gasteiger partial charge in [0.05, 0.1) is 17.6 Å². The Kier molecular flexibility index (Phi) is 6.53. The van der Waals surface area contributed by atoms with Crippen LogP contribution in [0.15, 0.2) is 52.3 Å². The number of piperazine rings is 1. The summed E-state index contributed by atoms with van der Waals surface area (Å²) in [5.74, 6) is 1.40. The van der Waals surface area contributed by atoms with Gasteiger partial charge < -0.3 is 19.5 Å². The minimum atomic E-state index is 0.0362. The first kappa shape index (κ1) is 21.6. The maximum Gasteiger partial charge on any atom is 0.246 e. The lowest BCUT2D eigenvalue weighted by atomic mass is 10.1. The maximum atomic E-state index is 12.7. The molecule has 9 nitrogen and oxygen atoms in total. The number of anilines is 1. The summed E-state index contributed by atoms with van der Waals surface area (Å²) in [5.41, 5.74) is 3.85. The van der Waals surface area contributed by atoms with Gasteiger partial charge in [-0.05, 0) is 26.0 Å². The maximum absolute atomic E-state index is 12.7. The number of guanidine groups is 1. The van der Waals surface area contributed by atoms with Crippen LogP contribution in [0, 0.1) is 6.92 Å². The lowest BCUT2D eigenvalue weighted by Gasteiger charge is -2.35. The molecule has 1 saturated heterocycles. The molecule has 1 amide bonds. The Morgan fingerprint density at radius 3 is 2.75 bits per heavy atom. The molecule has 3 heterocycles. The molecule has 1 aromatic carbocycles. The quantitative estimate of drug-likeness (QED) is 0.472. The van der Waals surface area contributed by atoms with Crippen LogP contribution >= 0.6 is 0 Å². The van der Waals surface area contributed by atoms with Gasteiger partial charge in [0, 0.05) is 51.4 Å². The Balaban J connectivity index is 1.36. The smallest absolute Gasteiger partial charge is 0.246 e. The molecular weight excluding hydrogens is 406 g/mol. The Bertz CT molecular complexity index is 1080.